The van der Waals surface area contributed by atoms with Crippen molar-refractivity contribution in [1.29, 1.82) is 0 Å². The number of carboxylic acid groups (broad SMARTS) is 1. The predicted molar refractivity (Wildman–Crippen MR) is 81.4 cm³/mol. The van der Waals surface area contributed by atoms with Crippen molar-refractivity contribution in [1.82, 2.24) is 10.6 Å². The first-order valence-electron chi connectivity index (χ1n) is 7.47. The molecular weight excluding hydrogens is 284 g/mol. The second-order valence-electron chi connectivity index (χ2n) is 5.62. The molecule has 22 heavy (non-hydrogen) atoms. The van der Waals surface area contributed by atoms with E-state index in [-0.39, 0.29) is 18.9 Å². The highest BCUT2D eigenvalue weighted by atomic mass is 16.5. The van der Waals surface area contributed by atoms with Gasteiger partial charge in [-0.05, 0) is 12.0 Å². The Labute approximate surface area is 129 Å². The molecule has 1 aliphatic rings. The van der Waals surface area contributed by atoms with Crippen LogP contribution in [0.25, 0.3) is 0 Å². The Bertz CT molecular complexity index is 516. The van der Waals surface area contributed by atoms with Gasteiger partial charge in [-0.25, -0.2) is 4.79 Å². The van der Waals surface area contributed by atoms with Crippen LogP contribution in [-0.2, 0) is 16.1 Å². The molecule has 1 aliphatic heterocycles. The normalized spacial score (nSPS) is 17.1. The smallest absolute Gasteiger partial charge is 0.407 e. The van der Waals surface area contributed by atoms with Crippen LogP contribution < -0.4 is 10.6 Å². The average Bonchev–Trinajstić information content (AvgIpc) is 2.43. The first-order chi connectivity index (χ1) is 10.6. The molecule has 0 saturated carbocycles. The SMILES string of the molecule is CCC(CC(=O)O)(NC(=O)OCc1ccccc1)C1CNC1. The summed E-state index contributed by atoms with van der Waals surface area (Å²) in [5.41, 5.74) is 0.133. The summed E-state index contributed by atoms with van der Waals surface area (Å²) in [6.45, 7) is 3.47. The van der Waals surface area contributed by atoms with Crippen LogP contribution in [0.2, 0.25) is 0 Å². The number of aliphatic carboxylic acids is 1. The molecule has 1 amide bonds. The Morgan fingerprint density at radius 1 is 1.36 bits per heavy atom. The zero-order chi connectivity index (χ0) is 16.0. The summed E-state index contributed by atoms with van der Waals surface area (Å²) in [4.78, 5) is 23.2. The number of carbonyl (C=O) groups excluding carboxylic acids is 1. The Morgan fingerprint density at radius 3 is 2.55 bits per heavy atom. The van der Waals surface area contributed by atoms with E-state index in [2.05, 4.69) is 10.6 Å². The third-order valence-electron chi connectivity index (χ3n) is 4.22. The lowest BCUT2D eigenvalue weighted by molar-refractivity contribution is -0.139. The zero-order valence-corrected chi connectivity index (χ0v) is 12.7. The molecule has 120 valence electrons. The molecule has 6 heteroatoms. The average molecular weight is 306 g/mol. The first kappa shape index (κ1) is 16.3. The lowest BCUT2D eigenvalue weighted by atomic mass is 9.75. The Morgan fingerprint density at radius 2 is 2.05 bits per heavy atom. The number of amides is 1. The monoisotopic (exact) mass is 306 g/mol. The number of carbonyl (C=O) groups is 2. The maximum absolute atomic E-state index is 12.1. The van der Waals surface area contributed by atoms with Crippen molar-refractivity contribution >= 4 is 12.1 Å². The fourth-order valence-corrected chi connectivity index (χ4v) is 2.70. The van der Waals surface area contributed by atoms with Crippen molar-refractivity contribution in [3.8, 4) is 0 Å². The first-order valence-corrected chi connectivity index (χ1v) is 7.47. The van der Waals surface area contributed by atoms with E-state index >= 15 is 0 Å². The van der Waals surface area contributed by atoms with E-state index in [1.165, 1.54) is 0 Å². The van der Waals surface area contributed by atoms with Gasteiger partial charge in [0.15, 0.2) is 0 Å². The van der Waals surface area contributed by atoms with Gasteiger partial charge in [0.2, 0.25) is 0 Å². The molecule has 1 unspecified atom stereocenters. The molecular formula is C16H22N2O4. The highest BCUT2D eigenvalue weighted by Crippen LogP contribution is 2.29. The topological polar surface area (TPSA) is 87.7 Å². The third kappa shape index (κ3) is 3.98. The Hall–Kier alpha value is -2.08. The van der Waals surface area contributed by atoms with E-state index in [1.54, 1.807) is 0 Å². The standard InChI is InChI=1S/C16H22N2O4/c1-2-16(8-14(19)20,13-9-17-10-13)18-15(21)22-11-12-6-4-3-5-7-12/h3-7,13,17H,2,8-11H2,1H3,(H,18,21)(H,19,20). The van der Waals surface area contributed by atoms with Gasteiger partial charge in [-0.3, -0.25) is 4.79 Å². The van der Waals surface area contributed by atoms with Crippen LogP contribution in [0.4, 0.5) is 4.79 Å². The highest BCUT2D eigenvalue weighted by Gasteiger charge is 2.43. The van der Waals surface area contributed by atoms with Gasteiger partial charge in [-0.1, -0.05) is 37.3 Å². The van der Waals surface area contributed by atoms with Gasteiger partial charge in [0, 0.05) is 19.0 Å². The number of benzene rings is 1. The fourth-order valence-electron chi connectivity index (χ4n) is 2.70. The maximum Gasteiger partial charge on any atom is 0.407 e. The molecule has 0 aliphatic carbocycles. The maximum atomic E-state index is 12.1. The minimum atomic E-state index is -0.919. The lowest BCUT2D eigenvalue weighted by Gasteiger charge is -2.44. The molecule has 1 atom stereocenters. The van der Waals surface area contributed by atoms with Crippen LogP contribution in [0.15, 0.2) is 30.3 Å². The molecule has 0 radical (unpaired) electrons. The summed E-state index contributed by atoms with van der Waals surface area (Å²) in [6, 6.07) is 9.37. The Kier molecular flexibility index (Phi) is 5.38. The van der Waals surface area contributed by atoms with Gasteiger partial charge in [-0.15, -0.1) is 0 Å². The molecule has 1 aromatic rings. The summed E-state index contributed by atoms with van der Waals surface area (Å²) in [6.07, 6.45) is -0.124. The molecule has 0 aromatic heterocycles. The zero-order valence-electron chi connectivity index (χ0n) is 12.7. The van der Waals surface area contributed by atoms with Crippen LogP contribution in [0.3, 0.4) is 0 Å². The molecule has 2 rings (SSSR count). The van der Waals surface area contributed by atoms with Crippen molar-refractivity contribution < 1.29 is 19.4 Å². The Balaban J connectivity index is 1.96. The quantitative estimate of drug-likeness (QED) is 0.714. The van der Waals surface area contributed by atoms with Crippen LogP contribution in [0, 0.1) is 5.92 Å². The van der Waals surface area contributed by atoms with Crippen molar-refractivity contribution in [2.75, 3.05) is 13.1 Å². The number of hydrogen-bond acceptors (Lipinski definition) is 4. The molecule has 6 nitrogen and oxygen atoms in total. The van der Waals surface area contributed by atoms with Crippen LogP contribution >= 0.6 is 0 Å². The summed E-state index contributed by atoms with van der Waals surface area (Å²) in [5.74, 6) is -0.810. The van der Waals surface area contributed by atoms with Crippen molar-refractivity contribution in [2.45, 2.75) is 31.9 Å². The number of nitrogens with one attached hydrogen (secondary N) is 2. The molecule has 1 heterocycles. The number of carboxylic acids is 1. The number of hydrogen-bond donors (Lipinski definition) is 3. The van der Waals surface area contributed by atoms with E-state index in [0.29, 0.717) is 19.5 Å². The van der Waals surface area contributed by atoms with E-state index in [0.717, 1.165) is 5.56 Å². The summed E-state index contributed by atoms with van der Waals surface area (Å²) in [5, 5.41) is 15.1. The summed E-state index contributed by atoms with van der Waals surface area (Å²) >= 11 is 0. The molecule has 3 N–H and O–H groups in total. The van der Waals surface area contributed by atoms with Gasteiger partial charge in [-0.2, -0.15) is 0 Å². The van der Waals surface area contributed by atoms with Crippen molar-refractivity contribution in [2.24, 2.45) is 5.92 Å². The second kappa shape index (κ2) is 7.26. The van der Waals surface area contributed by atoms with Crippen LogP contribution in [0.5, 0.6) is 0 Å². The molecule has 0 bridgehead atoms. The van der Waals surface area contributed by atoms with Crippen LogP contribution in [0.1, 0.15) is 25.3 Å². The van der Waals surface area contributed by atoms with Crippen molar-refractivity contribution in [3.05, 3.63) is 35.9 Å². The summed E-state index contributed by atoms with van der Waals surface area (Å²) in [7, 11) is 0. The molecule has 1 aromatic carbocycles. The van der Waals surface area contributed by atoms with Gasteiger partial charge < -0.3 is 20.5 Å². The predicted octanol–water partition coefficient (Wildman–Crippen LogP) is 1.76. The second-order valence-corrected chi connectivity index (χ2v) is 5.62. The van der Waals surface area contributed by atoms with E-state index < -0.39 is 17.6 Å². The minimum absolute atomic E-state index is 0.101. The molecule has 1 saturated heterocycles. The molecule has 0 spiro atoms. The van der Waals surface area contributed by atoms with E-state index in [1.807, 2.05) is 37.3 Å². The van der Waals surface area contributed by atoms with Gasteiger partial charge >= 0.3 is 12.1 Å². The fraction of sp³-hybridized carbons (Fsp3) is 0.500. The third-order valence-corrected chi connectivity index (χ3v) is 4.22. The van der Waals surface area contributed by atoms with Gasteiger partial charge in [0.05, 0.1) is 12.0 Å². The summed E-state index contributed by atoms with van der Waals surface area (Å²) < 4.78 is 5.22. The van der Waals surface area contributed by atoms with Crippen molar-refractivity contribution in [3.63, 3.8) is 0 Å². The van der Waals surface area contributed by atoms with Crippen LogP contribution in [-0.4, -0.2) is 35.8 Å². The van der Waals surface area contributed by atoms with E-state index in [9.17, 15) is 9.59 Å². The molecule has 1 fully saturated rings. The van der Waals surface area contributed by atoms with Gasteiger partial charge in [0.1, 0.15) is 6.61 Å². The number of ether oxygens (including phenoxy) is 1. The lowest BCUT2D eigenvalue weighted by Crippen LogP contribution is -2.64. The number of alkyl carbamates (subject to hydrolysis) is 1. The van der Waals surface area contributed by atoms with Gasteiger partial charge in [0.25, 0.3) is 0 Å². The highest BCUT2D eigenvalue weighted by molar-refractivity contribution is 5.73. The van der Waals surface area contributed by atoms with E-state index in [4.69, 9.17) is 9.84 Å². The minimum Gasteiger partial charge on any atom is -0.481 e. The largest absolute Gasteiger partial charge is 0.481 e. The number of rotatable bonds is 7.